The Morgan fingerprint density at radius 3 is 2.75 bits per heavy atom. The van der Waals surface area contributed by atoms with Gasteiger partial charge < -0.3 is 9.64 Å². The molecule has 1 N–H and O–H groups in total. The molecule has 5 heterocycles. The molecule has 1 fully saturated rings. The molecule has 166 valence electrons. The summed E-state index contributed by atoms with van der Waals surface area (Å²) in [6.45, 7) is 5.05. The summed E-state index contributed by atoms with van der Waals surface area (Å²) < 4.78 is 46.8. The maximum atomic E-state index is 13.1. The van der Waals surface area contributed by atoms with E-state index in [0.29, 0.717) is 24.6 Å². The average molecular weight is 444 g/mol. The molecule has 0 spiro atoms. The smallest absolute Gasteiger partial charge is 0.367 e. The summed E-state index contributed by atoms with van der Waals surface area (Å²) in [5.41, 5.74) is 1.45. The van der Waals surface area contributed by atoms with Gasteiger partial charge in [-0.3, -0.25) is 9.50 Å². The maximum Gasteiger partial charge on any atom is 0.434 e. The summed E-state index contributed by atoms with van der Waals surface area (Å²) in [4.78, 5) is 18.6. The van der Waals surface area contributed by atoms with Crippen LogP contribution in [-0.4, -0.2) is 53.7 Å². The summed E-state index contributed by atoms with van der Waals surface area (Å²) in [6, 6.07) is 1.77. The molecule has 5 rings (SSSR count). The molecule has 0 unspecified atom stereocenters. The quantitative estimate of drug-likeness (QED) is 0.518. The lowest BCUT2D eigenvalue weighted by Crippen LogP contribution is -2.43. The number of ether oxygens (including phenoxy) is 1. The fourth-order valence-electron chi connectivity index (χ4n) is 3.85. The van der Waals surface area contributed by atoms with E-state index in [1.165, 1.54) is 10.6 Å². The molecule has 4 aromatic heterocycles. The molecule has 0 saturated carbocycles. The van der Waals surface area contributed by atoms with Gasteiger partial charge in [0.2, 0.25) is 0 Å². The first kappa shape index (κ1) is 20.4. The van der Waals surface area contributed by atoms with Gasteiger partial charge in [0, 0.05) is 30.7 Å². The van der Waals surface area contributed by atoms with Gasteiger partial charge in [-0.15, -0.1) is 0 Å². The molecule has 1 saturated heterocycles. The third kappa shape index (κ3) is 3.66. The Morgan fingerprint density at radius 1 is 1.16 bits per heavy atom. The Kier molecular flexibility index (Phi) is 4.81. The van der Waals surface area contributed by atoms with E-state index in [1.807, 2.05) is 20.0 Å². The Morgan fingerprint density at radius 2 is 2.00 bits per heavy atom. The minimum absolute atomic E-state index is 0.0577. The summed E-state index contributed by atoms with van der Waals surface area (Å²) in [5, 5.41) is 7.03. The van der Waals surface area contributed by atoms with E-state index in [0.717, 1.165) is 23.7 Å². The van der Waals surface area contributed by atoms with Crippen molar-refractivity contribution >= 4 is 11.5 Å². The number of anilines is 1. The van der Waals surface area contributed by atoms with Crippen LogP contribution in [0.25, 0.3) is 17.2 Å². The zero-order chi connectivity index (χ0) is 22.5. The zero-order valence-electron chi connectivity index (χ0n) is 17.2. The Hall–Kier alpha value is -3.54. The zero-order valence-corrected chi connectivity index (χ0v) is 17.2. The van der Waals surface area contributed by atoms with Crippen LogP contribution < -0.4 is 4.90 Å². The number of aromatic amines is 1. The minimum atomic E-state index is -4.57. The molecule has 0 amide bonds. The first-order valence-corrected chi connectivity index (χ1v) is 9.94. The number of nitrogens with zero attached hydrogens (tertiary/aromatic N) is 7. The number of morpholine rings is 1. The SMILES string of the molecule is Cc1n[nH]cc1[C@@H]1CN(c2ccnc(-c3cnc4cnc(C(F)(F)F)cn34)n2)C[C@H](C)O1. The van der Waals surface area contributed by atoms with Crippen LogP contribution in [0.1, 0.15) is 30.0 Å². The van der Waals surface area contributed by atoms with Crippen molar-refractivity contribution in [2.45, 2.75) is 32.2 Å². The van der Waals surface area contributed by atoms with E-state index in [-0.39, 0.29) is 23.7 Å². The van der Waals surface area contributed by atoms with E-state index in [2.05, 4.69) is 35.0 Å². The monoisotopic (exact) mass is 444 g/mol. The highest BCUT2D eigenvalue weighted by Gasteiger charge is 2.33. The molecular weight excluding hydrogens is 425 g/mol. The van der Waals surface area contributed by atoms with E-state index < -0.39 is 11.9 Å². The van der Waals surface area contributed by atoms with Gasteiger partial charge in [0.25, 0.3) is 0 Å². The largest absolute Gasteiger partial charge is 0.434 e. The van der Waals surface area contributed by atoms with Crippen molar-refractivity contribution in [3.8, 4) is 11.5 Å². The number of hydrogen-bond donors (Lipinski definition) is 1. The number of nitrogens with one attached hydrogen (secondary N) is 1. The second kappa shape index (κ2) is 7.55. The molecular formula is C20H19F3N8O. The third-order valence-electron chi connectivity index (χ3n) is 5.36. The topological polar surface area (TPSA) is 97.1 Å². The first-order valence-electron chi connectivity index (χ1n) is 9.94. The molecule has 1 aliphatic heterocycles. The maximum absolute atomic E-state index is 13.1. The van der Waals surface area contributed by atoms with Crippen LogP contribution in [0.2, 0.25) is 0 Å². The molecule has 0 aliphatic carbocycles. The minimum Gasteiger partial charge on any atom is -0.367 e. The van der Waals surface area contributed by atoms with E-state index in [1.54, 1.807) is 12.3 Å². The third-order valence-corrected chi connectivity index (χ3v) is 5.36. The standard InChI is InChI=1S/C20H19F3N8O/c1-11-8-30(9-15(32-11)13-5-27-29-12(13)2)17-3-4-24-19(28-17)14-6-26-18-7-25-16(10-31(14)18)20(21,22)23/h3-7,10-11,15H,8-9H2,1-2H3,(H,27,29)/t11-,15-/m0/s1. The van der Waals surface area contributed by atoms with Crippen molar-refractivity contribution in [1.29, 1.82) is 0 Å². The second-order valence-electron chi connectivity index (χ2n) is 7.65. The summed E-state index contributed by atoms with van der Waals surface area (Å²) in [7, 11) is 0. The van der Waals surface area contributed by atoms with E-state index in [4.69, 9.17) is 4.74 Å². The predicted octanol–water partition coefficient (Wildman–Crippen LogP) is 3.20. The molecule has 1 aliphatic rings. The number of aryl methyl sites for hydroxylation is 1. The van der Waals surface area contributed by atoms with Crippen LogP contribution in [0.15, 0.2) is 37.1 Å². The summed E-state index contributed by atoms with van der Waals surface area (Å²) in [6.07, 6.45) is 2.02. The van der Waals surface area contributed by atoms with Gasteiger partial charge in [0.05, 0.1) is 30.7 Å². The van der Waals surface area contributed by atoms with E-state index >= 15 is 0 Å². The number of alkyl halides is 3. The average Bonchev–Trinajstić information content (AvgIpc) is 3.38. The number of imidazole rings is 1. The van der Waals surface area contributed by atoms with Crippen LogP contribution in [0.3, 0.4) is 0 Å². The van der Waals surface area contributed by atoms with E-state index in [9.17, 15) is 13.2 Å². The van der Waals surface area contributed by atoms with Gasteiger partial charge in [-0.05, 0) is 19.9 Å². The van der Waals surface area contributed by atoms with Crippen LogP contribution in [0, 0.1) is 6.92 Å². The second-order valence-corrected chi connectivity index (χ2v) is 7.65. The number of H-pyrrole nitrogens is 1. The Labute approximate surface area is 180 Å². The molecule has 32 heavy (non-hydrogen) atoms. The Bertz CT molecular complexity index is 1270. The first-order chi connectivity index (χ1) is 15.3. The Balaban J connectivity index is 1.49. The molecule has 12 heteroatoms. The highest BCUT2D eigenvalue weighted by Crippen LogP contribution is 2.31. The van der Waals surface area contributed by atoms with Crippen molar-refractivity contribution < 1.29 is 17.9 Å². The summed E-state index contributed by atoms with van der Waals surface area (Å²) in [5.74, 6) is 0.917. The fraction of sp³-hybridized carbons (Fsp3) is 0.350. The lowest BCUT2D eigenvalue weighted by molar-refractivity contribution is -0.141. The number of fused-ring (bicyclic) bond motifs is 1. The van der Waals surface area contributed by atoms with Crippen molar-refractivity contribution in [2.24, 2.45) is 0 Å². The van der Waals surface area contributed by atoms with Gasteiger partial charge in [0.1, 0.15) is 17.6 Å². The lowest BCUT2D eigenvalue weighted by atomic mass is 10.1. The predicted molar refractivity (Wildman–Crippen MR) is 108 cm³/mol. The van der Waals surface area contributed by atoms with Gasteiger partial charge in [-0.25, -0.2) is 19.9 Å². The lowest BCUT2D eigenvalue weighted by Gasteiger charge is -2.37. The van der Waals surface area contributed by atoms with Crippen molar-refractivity contribution in [3.05, 3.63) is 54.0 Å². The highest BCUT2D eigenvalue weighted by molar-refractivity contribution is 5.58. The van der Waals surface area contributed by atoms with Gasteiger partial charge >= 0.3 is 6.18 Å². The normalized spacial score (nSPS) is 19.6. The number of hydrogen-bond acceptors (Lipinski definition) is 7. The van der Waals surface area contributed by atoms with Crippen LogP contribution >= 0.6 is 0 Å². The molecule has 4 aromatic rings. The fourth-order valence-corrected chi connectivity index (χ4v) is 3.85. The highest BCUT2D eigenvalue weighted by atomic mass is 19.4. The number of rotatable bonds is 3. The van der Waals surface area contributed by atoms with Crippen LogP contribution in [0.4, 0.5) is 19.0 Å². The van der Waals surface area contributed by atoms with Crippen molar-refractivity contribution in [3.63, 3.8) is 0 Å². The van der Waals surface area contributed by atoms with Gasteiger partial charge in [-0.2, -0.15) is 18.3 Å². The van der Waals surface area contributed by atoms with Crippen molar-refractivity contribution in [2.75, 3.05) is 18.0 Å². The molecule has 2 atom stereocenters. The molecule has 0 radical (unpaired) electrons. The molecule has 0 aromatic carbocycles. The summed E-state index contributed by atoms with van der Waals surface area (Å²) >= 11 is 0. The van der Waals surface area contributed by atoms with Gasteiger partial charge in [-0.1, -0.05) is 0 Å². The van der Waals surface area contributed by atoms with Gasteiger partial charge in [0.15, 0.2) is 17.2 Å². The van der Waals surface area contributed by atoms with Crippen LogP contribution in [-0.2, 0) is 10.9 Å². The number of aromatic nitrogens is 7. The molecule has 9 nitrogen and oxygen atoms in total. The number of halogens is 3. The van der Waals surface area contributed by atoms with Crippen molar-refractivity contribution in [1.82, 2.24) is 34.5 Å². The molecule has 0 bridgehead atoms. The van der Waals surface area contributed by atoms with Crippen LogP contribution in [0.5, 0.6) is 0 Å².